The van der Waals surface area contributed by atoms with Gasteiger partial charge in [-0.1, -0.05) is 29.8 Å². The summed E-state index contributed by atoms with van der Waals surface area (Å²) in [6.07, 6.45) is 0. The topological polar surface area (TPSA) is 55.1 Å². The van der Waals surface area contributed by atoms with Crippen LogP contribution in [0.4, 0.5) is 5.69 Å². The quantitative estimate of drug-likeness (QED) is 0.775. The Bertz CT molecular complexity index is 723. The Kier molecular flexibility index (Phi) is 4.26. The van der Waals surface area contributed by atoms with Crippen molar-refractivity contribution >= 4 is 50.9 Å². The van der Waals surface area contributed by atoms with E-state index in [-0.39, 0.29) is 5.91 Å². The van der Waals surface area contributed by atoms with Gasteiger partial charge in [-0.2, -0.15) is 0 Å². The lowest BCUT2D eigenvalue weighted by Crippen LogP contribution is -2.19. The molecule has 0 saturated carbocycles. The molecule has 0 spiro atoms. The molecule has 2 aromatic carbocycles. The fraction of sp³-hybridized carbons (Fsp3) is 0.133. The van der Waals surface area contributed by atoms with Crippen molar-refractivity contribution < 1.29 is 4.79 Å². The second-order valence-corrected chi connectivity index (χ2v) is 7.00. The van der Waals surface area contributed by atoms with Crippen LogP contribution < -0.4 is 11.1 Å². The highest BCUT2D eigenvalue weighted by atomic mass is 79.9. The third-order valence-corrected chi connectivity index (χ3v) is 5.71. The number of anilines is 1. The second kappa shape index (κ2) is 6.01. The molecule has 3 rings (SSSR count). The van der Waals surface area contributed by atoms with Gasteiger partial charge in [0.25, 0.3) is 0 Å². The number of hydrogen-bond donors (Lipinski definition) is 2. The van der Waals surface area contributed by atoms with Crippen LogP contribution in [0.5, 0.6) is 0 Å². The van der Waals surface area contributed by atoms with Gasteiger partial charge in [0.2, 0.25) is 5.91 Å². The van der Waals surface area contributed by atoms with E-state index in [2.05, 4.69) is 21.2 Å². The maximum Gasteiger partial charge on any atom is 0.245 e. The molecule has 0 saturated heterocycles. The zero-order chi connectivity index (χ0) is 15.0. The predicted octanol–water partition coefficient (Wildman–Crippen LogP) is 4.35. The van der Waals surface area contributed by atoms with Gasteiger partial charge in [-0.05, 0) is 39.7 Å². The summed E-state index contributed by atoms with van der Waals surface area (Å²) in [7, 11) is 0. The Hall–Kier alpha value is -1.01. The van der Waals surface area contributed by atoms with Crippen molar-refractivity contribution in [2.75, 3.05) is 5.32 Å². The molecule has 0 aromatic heterocycles. The Labute approximate surface area is 140 Å². The molecule has 0 bridgehead atoms. The average molecular weight is 384 g/mol. The smallest absolute Gasteiger partial charge is 0.245 e. The van der Waals surface area contributed by atoms with Crippen molar-refractivity contribution in [3.05, 3.63) is 57.0 Å². The number of nitrogens with two attached hydrogens (primary N) is 1. The van der Waals surface area contributed by atoms with Gasteiger partial charge in [0.05, 0.1) is 0 Å². The molecule has 2 aromatic rings. The minimum absolute atomic E-state index is 0.162. The molecule has 1 unspecified atom stereocenters. The highest BCUT2D eigenvalue weighted by Crippen LogP contribution is 2.39. The van der Waals surface area contributed by atoms with Crippen LogP contribution in [0.1, 0.15) is 17.2 Å². The predicted molar refractivity (Wildman–Crippen MR) is 90.7 cm³/mol. The first-order chi connectivity index (χ1) is 10.1. The first-order valence-corrected chi connectivity index (χ1v) is 8.48. The van der Waals surface area contributed by atoms with Gasteiger partial charge in [0, 0.05) is 31.4 Å². The molecular formula is C15H12BrClN2OS. The van der Waals surface area contributed by atoms with Gasteiger partial charge in [0.15, 0.2) is 0 Å². The van der Waals surface area contributed by atoms with Crippen LogP contribution in [-0.2, 0) is 10.5 Å². The van der Waals surface area contributed by atoms with E-state index in [0.717, 1.165) is 37.0 Å². The number of rotatable bonds is 3. The first kappa shape index (κ1) is 14.9. The minimum atomic E-state index is -0.584. The number of fused-ring (bicyclic) bond motifs is 1. The highest BCUT2D eigenvalue weighted by Gasteiger charge is 2.28. The van der Waals surface area contributed by atoms with Crippen molar-refractivity contribution in [2.45, 2.75) is 16.7 Å². The Balaban J connectivity index is 1.83. The number of nitrogens with one attached hydrogen (secondary N) is 1. The molecule has 6 heteroatoms. The molecular weight excluding hydrogens is 372 g/mol. The summed E-state index contributed by atoms with van der Waals surface area (Å²) in [6, 6.07) is 11.1. The SMILES string of the molecule is NC1C(=O)Nc2cc(SCc3ccccc3Cl)c(Br)cc21. The van der Waals surface area contributed by atoms with Crippen LogP contribution in [0.15, 0.2) is 45.8 Å². The molecule has 3 nitrogen and oxygen atoms in total. The highest BCUT2D eigenvalue weighted by molar-refractivity contribution is 9.10. The number of benzene rings is 2. The molecule has 0 radical (unpaired) electrons. The van der Waals surface area contributed by atoms with E-state index < -0.39 is 6.04 Å². The Morgan fingerprint density at radius 1 is 1.33 bits per heavy atom. The van der Waals surface area contributed by atoms with Gasteiger partial charge < -0.3 is 11.1 Å². The summed E-state index contributed by atoms with van der Waals surface area (Å²) in [5.74, 6) is 0.599. The van der Waals surface area contributed by atoms with Crippen LogP contribution in [0.2, 0.25) is 5.02 Å². The number of carbonyl (C=O) groups is 1. The number of carbonyl (C=O) groups excluding carboxylic acids is 1. The van der Waals surface area contributed by atoms with Gasteiger partial charge in [0.1, 0.15) is 6.04 Å². The van der Waals surface area contributed by atoms with E-state index in [0.29, 0.717) is 0 Å². The lowest BCUT2D eigenvalue weighted by molar-refractivity contribution is -0.116. The van der Waals surface area contributed by atoms with Gasteiger partial charge in [-0.15, -0.1) is 11.8 Å². The largest absolute Gasteiger partial charge is 0.324 e. The standard InChI is InChI=1S/C15H12BrClN2OS/c16-10-5-9-12(19-15(20)14(9)18)6-13(10)21-7-8-3-1-2-4-11(8)17/h1-6,14H,7,18H2,(H,19,20). The summed E-state index contributed by atoms with van der Waals surface area (Å²) in [5.41, 5.74) is 8.53. The van der Waals surface area contributed by atoms with E-state index >= 15 is 0 Å². The summed E-state index contributed by atoms with van der Waals surface area (Å²) in [5, 5.41) is 3.56. The molecule has 3 N–H and O–H groups in total. The van der Waals surface area contributed by atoms with Gasteiger partial charge in [-0.3, -0.25) is 4.79 Å². The molecule has 1 aliphatic rings. The van der Waals surface area contributed by atoms with Crippen LogP contribution in [0, 0.1) is 0 Å². The Morgan fingerprint density at radius 2 is 2.10 bits per heavy atom. The van der Waals surface area contributed by atoms with Crippen LogP contribution >= 0.6 is 39.3 Å². The van der Waals surface area contributed by atoms with Gasteiger partial charge >= 0.3 is 0 Å². The van der Waals surface area contributed by atoms with E-state index in [1.807, 2.05) is 36.4 Å². The van der Waals surface area contributed by atoms with Crippen LogP contribution in [0.3, 0.4) is 0 Å². The lowest BCUT2D eigenvalue weighted by atomic mass is 10.1. The van der Waals surface area contributed by atoms with Crippen LogP contribution in [0.25, 0.3) is 0 Å². The van der Waals surface area contributed by atoms with E-state index in [4.69, 9.17) is 17.3 Å². The zero-order valence-corrected chi connectivity index (χ0v) is 14.1. The third kappa shape index (κ3) is 2.97. The average Bonchev–Trinajstić information content (AvgIpc) is 2.73. The molecule has 1 amide bonds. The lowest BCUT2D eigenvalue weighted by Gasteiger charge is -2.09. The molecule has 1 heterocycles. The monoisotopic (exact) mass is 382 g/mol. The number of halogens is 2. The molecule has 0 aliphatic carbocycles. The van der Waals surface area contributed by atoms with Crippen molar-refractivity contribution in [3.63, 3.8) is 0 Å². The van der Waals surface area contributed by atoms with Crippen LogP contribution in [-0.4, -0.2) is 5.91 Å². The third-order valence-electron chi connectivity index (χ3n) is 3.32. The maximum atomic E-state index is 11.6. The summed E-state index contributed by atoms with van der Waals surface area (Å²) < 4.78 is 0.935. The normalized spacial score (nSPS) is 16.7. The van der Waals surface area contributed by atoms with Crippen molar-refractivity contribution in [1.82, 2.24) is 0 Å². The molecule has 1 aliphatic heterocycles. The molecule has 21 heavy (non-hydrogen) atoms. The molecule has 0 fully saturated rings. The van der Waals surface area contributed by atoms with Crippen molar-refractivity contribution in [3.8, 4) is 0 Å². The van der Waals surface area contributed by atoms with E-state index in [1.54, 1.807) is 11.8 Å². The molecule has 1 atom stereocenters. The van der Waals surface area contributed by atoms with Crippen molar-refractivity contribution in [2.24, 2.45) is 5.73 Å². The van der Waals surface area contributed by atoms with Crippen molar-refractivity contribution in [1.29, 1.82) is 0 Å². The maximum absolute atomic E-state index is 11.6. The summed E-state index contributed by atoms with van der Waals surface area (Å²) >= 11 is 11.4. The number of amides is 1. The fourth-order valence-corrected chi connectivity index (χ4v) is 4.11. The minimum Gasteiger partial charge on any atom is -0.324 e. The second-order valence-electron chi connectivity index (χ2n) is 4.72. The van der Waals surface area contributed by atoms with Gasteiger partial charge in [-0.25, -0.2) is 0 Å². The number of thioether (sulfide) groups is 1. The summed E-state index contributed by atoms with van der Waals surface area (Å²) in [6.45, 7) is 0. The Morgan fingerprint density at radius 3 is 2.86 bits per heavy atom. The fourth-order valence-electron chi connectivity index (χ4n) is 2.17. The summed E-state index contributed by atoms with van der Waals surface area (Å²) in [4.78, 5) is 12.6. The number of hydrogen-bond acceptors (Lipinski definition) is 3. The molecule has 108 valence electrons. The first-order valence-electron chi connectivity index (χ1n) is 6.32. The zero-order valence-electron chi connectivity index (χ0n) is 10.9. The van der Waals surface area contributed by atoms with E-state index in [9.17, 15) is 4.79 Å². The van der Waals surface area contributed by atoms with E-state index in [1.165, 1.54) is 0 Å².